The van der Waals surface area contributed by atoms with Crippen molar-refractivity contribution in [3.63, 3.8) is 0 Å². The van der Waals surface area contributed by atoms with E-state index in [-0.39, 0.29) is 29.4 Å². The molecule has 1 saturated heterocycles. The summed E-state index contributed by atoms with van der Waals surface area (Å²) in [4.78, 5) is 16.3. The second-order valence-electron chi connectivity index (χ2n) is 6.07. The first-order chi connectivity index (χ1) is 13.4. The third kappa shape index (κ3) is 4.80. The smallest absolute Gasteiger partial charge is 0.311 e. The molecule has 1 fully saturated rings. The largest absolute Gasteiger partial charge is 0.456 e. The minimum Gasteiger partial charge on any atom is -0.456 e. The molecule has 0 radical (unpaired) electrons. The number of ether oxygens (including phenoxy) is 3. The molecule has 1 aliphatic rings. The van der Waals surface area contributed by atoms with Crippen molar-refractivity contribution in [2.45, 2.75) is 50.5 Å². The number of aliphatic hydroxyl groups excluding tert-OH is 4. The summed E-state index contributed by atoms with van der Waals surface area (Å²) in [7, 11) is 0. The fourth-order valence-electron chi connectivity index (χ4n) is 2.60. The molecule has 5 unspecified atom stereocenters. The molecule has 0 aliphatic carbocycles. The van der Waals surface area contributed by atoms with Crippen LogP contribution in [0.4, 0.5) is 5.69 Å². The van der Waals surface area contributed by atoms with E-state index in [1.165, 1.54) is 12.1 Å². The van der Waals surface area contributed by atoms with Crippen molar-refractivity contribution in [3.8, 4) is 17.2 Å². The van der Waals surface area contributed by atoms with Crippen LogP contribution in [0.25, 0.3) is 0 Å². The maximum Gasteiger partial charge on any atom is 0.311 e. The van der Waals surface area contributed by atoms with Gasteiger partial charge in [0, 0.05) is 18.6 Å². The molecule has 12 heteroatoms. The topological polar surface area (TPSA) is 193 Å². The Bertz CT molecular complexity index is 646. The third-order valence-electron chi connectivity index (χ3n) is 4.04. The summed E-state index contributed by atoms with van der Waals surface area (Å²) in [6.45, 7) is 1.15. The summed E-state index contributed by atoms with van der Waals surface area (Å²) in [5.74, 6) is 4.25. The number of esters is 1. The minimum absolute atomic E-state index is 0.00315. The van der Waals surface area contributed by atoms with Crippen LogP contribution in [0.2, 0.25) is 0 Å². The number of carbonyl (C=O) groups excluding carboxylic acids is 1. The number of rotatable bonds is 8. The first kappa shape index (κ1) is 22.1. The lowest BCUT2D eigenvalue weighted by Crippen LogP contribution is -2.60. The summed E-state index contributed by atoms with van der Waals surface area (Å²) in [6, 6.07) is 2.41. The average molecular weight is 404 g/mol. The van der Waals surface area contributed by atoms with E-state index in [4.69, 9.17) is 20.1 Å². The molecule has 0 bridgehead atoms. The van der Waals surface area contributed by atoms with Crippen LogP contribution < -0.4 is 25.7 Å². The summed E-state index contributed by atoms with van der Waals surface area (Å²) in [5.41, 5.74) is 1.66. The summed E-state index contributed by atoms with van der Waals surface area (Å²) in [5, 5.41) is 48.4. The standard InChI is InChI=1S/C16H24N2O10/c1-2-3-11(20)25-7-4-8(18-24)15(9(5-7)28-17)27-16-14(23)13(22)12(21)10(6-19)26-16/h4-5,10,12-14,16,18-19,21-24H,2-3,6,17H2,1H3. The van der Waals surface area contributed by atoms with E-state index >= 15 is 0 Å². The van der Waals surface area contributed by atoms with Gasteiger partial charge in [0.25, 0.3) is 0 Å². The van der Waals surface area contributed by atoms with Crippen molar-refractivity contribution in [2.75, 3.05) is 12.1 Å². The lowest BCUT2D eigenvalue weighted by Gasteiger charge is -2.39. The van der Waals surface area contributed by atoms with Gasteiger partial charge in [0.05, 0.1) is 6.61 Å². The molecule has 1 aliphatic heterocycles. The number of nitrogens with one attached hydrogen (secondary N) is 1. The summed E-state index contributed by atoms with van der Waals surface area (Å²) < 4.78 is 15.8. The molecule has 1 aromatic carbocycles. The SMILES string of the molecule is CCCC(=O)Oc1cc(NO)c(OC2OC(CO)C(O)C(O)C2O)c(ON)c1. The number of anilines is 1. The molecule has 5 atom stereocenters. The van der Waals surface area contributed by atoms with Gasteiger partial charge in [0.2, 0.25) is 6.29 Å². The zero-order valence-corrected chi connectivity index (χ0v) is 15.0. The fraction of sp³-hybridized carbons (Fsp3) is 0.562. The van der Waals surface area contributed by atoms with Crippen molar-refractivity contribution in [2.24, 2.45) is 5.90 Å². The van der Waals surface area contributed by atoms with E-state index < -0.39 is 43.3 Å². The molecule has 158 valence electrons. The Hall–Kier alpha value is -2.19. The Morgan fingerprint density at radius 3 is 2.54 bits per heavy atom. The Morgan fingerprint density at radius 2 is 1.96 bits per heavy atom. The number of aliphatic hydroxyl groups is 4. The van der Waals surface area contributed by atoms with Crippen molar-refractivity contribution >= 4 is 11.7 Å². The van der Waals surface area contributed by atoms with Gasteiger partial charge in [-0.2, -0.15) is 5.90 Å². The molecule has 1 aromatic rings. The van der Waals surface area contributed by atoms with Crippen LogP contribution in [0.15, 0.2) is 12.1 Å². The van der Waals surface area contributed by atoms with Gasteiger partial charge in [0.1, 0.15) is 35.9 Å². The van der Waals surface area contributed by atoms with Crippen molar-refractivity contribution in [1.82, 2.24) is 0 Å². The zero-order valence-electron chi connectivity index (χ0n) is 15.0. The Balaban J connectivity index is 2.30. The van der Waals surface area contributed by atoms with Gasteiger partial charge < -0.3 is 39.5 Å². The van der Waals surface area contributed by atoms with Crippen LogP contribution in [0.1, 0.15) is 19.8 Å². The summed E-state index contributed by atoms with van der Waals surface area (Å²) in [6.07, 6.45) is -6.95. The number of hydrogen-bond donors (Lipinski definition) is 7. The molecule has 0 saturated carbocycles. The first-order valence-corrected chi connectivity index (χ1v) is 8.48. The number of hydrogen-bond acceptors (Lipinski definition) is 12. The van der Waals surface area contributed by atoms with Crippen LogP contribution >= 0.6 is 0 Å². The van der Waals surface area contributed by atoms with Crippen LogP contribution in [-0.2, 0) is 9.53 Å². The van der Waals surface area contributed by atoms with Gasteiger partial charge in [-0.05, 0) is 6.42 Å². The van der Waals surface area contributed by atoms with Gasteiger partial charge in [0.15, 0.2) is 11.5 Å². The van der Waals surface area contributed by atoms with Gasteiger partial charge >= 0.3 is 5.97 Å². The summed E-state index contributed by atoms with van der Waals surface area (Å²) >= 11 is 0. The molecule has 0 amide bonds. The van der Waals surface area contributed by atoms with Gasteiger partial charge in [-0.1, -0.05) is 6.92 Å². The highest BCUT2D eigenvalue weighted by atomic mass is 16.7. The van der Waals surface area contributed by atoms with Crippen molar-refractivity contribution in [1.29, 1.82) is 0 Å². The zero-order chi connectivity index (χ0) is 20.8. The molecular formula is C16H24N2O10. The lowest BCUT2D eigenvalue weighted by molar-refractivity contribution is -0.277. The Labute approximate surface area is 159 Å². The lowest BCUT2D eigenvalue weighted by atomic mass is 9.99. The maximum atomic E-state index is 11.7. The van der Waals surface area contributed by atoms with Crippen LogP contribution in [0, 0.1) is 0 Å². The highest BCUT2D eigenvalue weighted by Crippen LogP contribution is 2.41. The molecule has 0 aromatic heterocycles. The van der Waals surface area contributed by atoms with Crippen LogP contribution in [0.3, 0.4) is 0 Å². The average Bonchev–Trinajstić information content (AvgIpc) is 2.68. The maximum absolute atomic E-state index is 11.7. The van der Waals surface area contributed by atoms with E-state index in [1.807, 2.05) is 5.48 Å². The quantitative estimate of drug-likeness (QED) is 0.153. The van der Waals surface area contributed by atoms with E-state index in [2.05, 4.69) is 4.84 Å². The molecule has 8 N–H and O–H groups in total. The molecule has 0 spiro atoms. The molecule has 12 nitrogen and oxygen atoms in total. The highest BCUT2D eigenvalue weighted by Gasteiger charge is 2.45. The van der Waals surface area contributed by atoms with E-state index in [0.29, 0.717) is 6.42 Å². The fourth-order valence-corrected chi connectivity index (χ4v) is 2.60. The Morgan fingerprint density at radius 1 is 1.25 bits per heavy atom. The monoisotopic (exact) mass is 404 g/mol. The number of carbonyl (C=O) groups is 1. The van der Waals surface area contributed by atoms with Crippen molar-refractivity contribution in [3.05, 3.63) is 12.1 Å². The highest BCUT2D eigenvalue weighted by molar-refractivity contribution is 5.74. The Kier molecular flexibility index (Phi) is 7.77. The van der Waals surface area contributed by atoms with E-state index in [0.717, 1.165) is 0 Å². The van der Waals surface area contributed by atoms with Gasteiger partial charge in [-0.3, -0.25) is 15.5 Å². The predicted molar refractivity (Wildman–Crippen MR) is 91.6 cm³/mol. The number of nitrogens with two attached hydrogens (primary N) is 1. The third-order valence-corrected chi connectivity index (χ3v) is 4.04. The van der Waals surface area contributed by atoms with E-state index in [1.54, 1.807) is 6.92 Å². The van der Waals surface area contributed by atoms with Gasteiger partial charge in [-0.15, -0.1) is 0 Å². The molecule has 2 rings (SSSR count). The molecule has 1 heterocycles. The number of benzene rings is 1. The molecule has 28 heavy (non-hydrogen) atoms. The second-order valence-corrected chi connectivity index (χ2v) is 6.07. The second kappa shape index (κ2) is 9.84. The van der Waals surface area contributed by atoms with Crippen molar-refractivity contribution < 1.29 is 49.5 Å². The van der Waals surface area contributed by atoms with Crippen LogP contribution in [0.5, 0.6) is 17.2 Å². The van der Waals surface area contributed by atoms with Crippen LogP contribution in [-0.4, -0.2) is 68.9 Å². The van der Waals surface area contributed by atoms with E-state index in [9.17, 15) is 30.4 Å². The molecular weight excluding hydrogens is 380 g/mol. The normalized spacial score (nSPS) is 27.2. The predicted octanol–water partition coefficient (Wildman–Crippen LogP) is -1.38. The van der Waals surface area contributed by atoms with Gasteiger partial charge in [-0.25, -0.2) is 0 Å². The first-order valence-electron chi connectivity index (χ1n) is 8.48. The minimum atomic E-state index is -1.70.